The molecule has 1 atom stereocenters. The first kappa shape index (κ1) is 20.8. The Morgan fingerprint density at radius 2 is 1.90 bits per heavy atom. The Bertz CT molecular complexity index is 1030. The lowest BCUT2D eigenvalue weighted by atomic mass is 9.96. The monoisotopic (exact) mass is 421 g/mol. The molecule has 7 heteroatoms. The van der Waals surface area contributed by atoms with Crippen molar-refractivity contribution in [2.45, 2.75) is 38.3 Å². The van der Waals surface area contributed by atoms with E-state index in [1.54, 1.807) is 0 Å². The van der Waals surface area contributed by atoms with Crippen molar-refractivity contribution in [1.82, 2.24) is 9.97 Å². The lowest BCUT2D eigenvalue weighted by Gasteiger charge is -2.36. The van der Waals surface area contributed by atoms with Crippen molar-refractivity contribution in [3.8, 4) is 5.75 Å². The second-order valence-electron chi connectivity index (χ2n) is 7.61. The van der Waals surface area contributed by atoms with E-state index >= 15 is 0 Å². The highest BCUT2D eigenvalue weighted by atomic mass is 19.1. The van der Waals surface area contributed by atoms with Crippen LogP contribution in [0.25, 0.3) is 0 Å². The molecule has 0 aliphatic carbocycles. The number of aromatic nitrogens is 2. The van der Waals surface area contributed by atoms with Crippen LogP contribution in [-0.4, -0.2) is 33.6 Å². The van der Waals surface area contributed by atoms with Crippen LogP contribution < -0.4 is 9.64 Å². The summed E-state index contributed by atoms with van der Waals surface area (Å²) < 4.78 is 18.8. The molecule has 31 heavy (non-hydrogen) atoms. The average molecular weight is 421 g/mol. The number of hydrogen-bond acceptors (Lipinski definition) is 5. The van der Waals surface area contributed by atoms with E-state index in [-0.39, 0.29) is 24.0 Å². The molecule has 1 N–H and O–H groups in total. The van der Waals surface area contributed by atoms with E-state index in [0.717, 1.165) is 32.2 Å². The van der Waals surface area contributed by atoms with E-state index in [1.165, 1.54) is 36.0 Å². The molecule has 0 amide bonds. The number of carboxylic acid groups (broad SMARTS) is 1. The molecule has 1 aliphatic rings. The number of nitrogens with zero attached hydrogens (tertiary/aromatic N) is 3. The van der Waals surface area contributed by atoms with Crippen LogP contribution in [0.1, 0.15) is 40.9 Å². The number of carboxylic acids is 1. The van der Waals surface area contributed by atoms with Gasteiger partial charge in [-0.3, -0.25) is 0 Å². The Morgan fingerprint density at radius 3 is 2.65 bits per heavy atom. The van der Waals surface area contributed by atoms with Crippen molar-refractivity contribution < 1.29 is 19.0 Å². The van der Waals surface area contributed by atoms with Gasteiger partial charge in [0, 0.05) is 18.8 Å². The maximum absolute atomic E-state index is 13.1. The van der Waals surface area contributed by atoms with Crippen molar-refractivity contribution in [2.75, 3.05) is 11.4 Å². The van der Waals surface area contributed by atoms with Crippen molar-refractivity contribution >= 4 is 11.9 Å². The predicted octanol–water partition coefficient (Wildman–Crippen LogP) is 4.49. The van der Waals surface area contributed by atoms with Crippen LogP contribution in [0.2, 0.25) is 0 Å². The molecule has 1 fully saturated rings. The smallest absolute Gasteiger partial charge is 0.339 e. The second-order valence-corrected chi connectivity index (χ2v) is 7.61. The zero-order valence-corrected chi connectivity index (χ0v) is 17.1. The van der Waals surface area contributed by atoms with E-state index in [4.69, 9.17) is 4.74 Å². The number of ether oxygens (including phenoxy) is 1. The molecule has 6 nitrogen and oxygen atoms in total. The summed E-state index contributed by atoms with van der Waals surface area (Å²) in [6.07, 6.45) is 5.44. The Labute approximate surface area is 180 Å². The Kier molecular flexibility index (Phi) is 6.40. The van der Waals surface area contributed by atoms with Gasteiger partial charge in [-0.15, -0.1) is 0 Å². The number of anilines is 1. The third kappa shape index (κ3) is 5.17. The summed E-state index contributed by atoms with van der Waals surface area (Å²) in [5.41, 5.74) is 1.55. The van der Waals surface area contributed by atoms with Crippen molar-refractivity contribution in [3.05, 3.63) is 83.4 Å². The maximum Gasteiger partial charge on any atom is 0.339 e. The first-order chi connectivity index (χ1) is 15.1. The fourth-order valence-electron chi connectivity index (χ4n) is 3.88. The lowest BCUT2D eigenvalue weighted by Crippen LogP contribution is -2.42. The van der Waals surface area contributed by atoms with Gasteiger partial charge in [-0.25, -0.2) is 19.2 Å². The lowest BCUT2D eigenvalue weighted by molar-refractivity contribution is 0.0692. The van der Waals surface area contributed by atoms with Crippen LogP contribution in [0.15, 0.2) is 60.8 Å². The molecule has 0 spiro atoms. The highest BCUT2D eigenvalue weighted by molar-refractivity contribution is 5.88. The van der Waals surface area contributed by atoms with Crippen molar-refractivity contribution in [3.63, 3.8) is 0 Å². The van der Waals surface area contributed by atoms with Crippen molar-refractivity contribution in [1.29, 1.82) is 0 Å². The SMILES string of the molecule is O=C(O)c1cnc(N2CCCCC2Cc2ccccc2)nc1COc1ccc(F)cc1. The fraction of sp³-hybridized carbons (Fsp3) is 0.292. The highest BCUT2D eigenvalue weighted by Crippen LogP contribution is 2.25. The summed E-state index contributed by atoms with van der Waals surface area (Å²) in [6, 6.07) is 16.1. The maximum atomic E-state index is 13.1. The number of rotatable bonds is 7. The van der Waals surface area contributed by atoms with Crippen LogP contribution >= 0.6 is 0 Å². The third-order valence-corrected chi connectivity index (χ3v) is 5.47. The number of benzene rings is 2. The molecular formula is C24H24FN3O3. The minimum absolute atomic E-state index is 0.00230. The van der Waals surface area contributed by atoms with Gasteiger partial charge in [0.25, 0.3) is 0 Å². The van der Waals surface area contributed by atoms with Gasteiger partial charge in [0.2, 0.25) is 5.95 Å². The van der Waals surface area contributed by atoms with Gasteiger partial charge in [0.15, 0.2) is 0 Å². The van der Waals surface area contributed by atoms with E-state index in [0.29, 0.717) is 17.4 Å². The number of halogens is 1. The van der Waals surface area contributed by atoms with Gasteiger partial charge < -0.3 is 14.7 Å². The molecule has 0 saturated carbocycles. The van der Waals surface area contributed by atoms with Crippen LogP contribution in [0, 0.1) is 5.82 Å². The van der Waals surface area contributed by atoms with Crippen LogP contribution in [0.5, 0.6) is 5.75 Å². The Morgan fingerprint density at radius 1 is 1.13 bits per heavy atom. The summed E-state index contributed by atoms with van der Waals surface area (Å²) in [6.45, 7) is 0.780. The van der Waals surface area contributed by atoms with Gasteiger partial charge >= 0.3 is 5.97 Å². The standard InChI is InChI=1S/C24H24FN3O3/c25-18-9-11-20(12-10-18)31-16-22-21(23(29)30)15-26-24(27-22)28-13-5-4-8-19(28)14-17-6-2-1-3-7-17/h1-3,6-7,9-12,15,19H,4-5,8,13-14,16H2,(H,29,30). The number of piperidine rings is 1. The molecule has 1 saturated heterocycles. The molecule has 1 aromatic heterocycles. The van der Waals surface area contributed by atoms with Gasteiger partial charge in [-0.05, 0) is 55.5 Å². The summed E-state index contributed by atoms with van der Waals surface area (Å²) in [4.78, 5) is 22.8. The van der Waals surface area contributed by atoms with E-state index in [2.05, 4.69) is 27.0 Å². The van der Waals surface area contributed by atoms with Crippen LogP contribution in [0.4, 0.5) is 10.3 Å². The predicted molar refractivity (Wildman–Crippen MR) is 115 cm³/mol. The summed E-state index contributed by atoms with van der Waals surface area (Å²) >= 11 is 0. The van der Waals surface area contributed by atoms with Gasteiger partial charge in [-0.2, -0.15) is 0 Å². The summed E-state index contributed by atoms with van der Waals surface area (Å²) in [7, 11) is 0. The van der Waals surface area contributed by atoms with Crippen LogP contribution in [0.3, 0.4) is 0 Å². The highest BCUT2D eigenvalue weighted by Gasteiger charge is 2.26. The molecule has 2 heterocycles. The van der Waals surface area contributed by atoms with E-state index in [1.807, 2.05) is 18.2 Å². The van der Waals surface area contributed by atoms with E-state index < -0.39 is 5.97 Å². The molecule has 1 aliphatic heterocycles. The zero-order valence-electron chi connectivity index (χ0n) is 17.1. The first-order valence-electron chi connectivity index (χ1n) is 10.4. The average Bonchev–Trinajstić information content (AvgIpc) is 2.79. The molecule has 1 unspecified atom stereocenters. The summed E-state index contributed by atoms with van der Waals surface area (Å²) in [5.74, 6) is -0.512. The van der Waals surface area contributed by atoms with Gasteiger partial charge in [0.05, 0.1) is 5.69 Å². The topological polar surface area (TPSA) is 75.5 Å². The largest absolute Gasteiger partial charge is 0.487 e. The normalized spacial score (nSPS) is 16.2. The second kappa shape index (κ2) is 9.55. The Balaban J connectivity index is 1.57. The quantitative estimate of drug-likeness (QED) is 0.606. The molecular weight excluding hydrogens is 397 g/mol. The molecule has 0 bridgehead atoms. The minimum atomic E-state index is -1.11. The first-order valence-corrected chi connectivity index (χ1v) is 10.4. The molecule has 0 radical (unpaired) electrons. The Hall–Kier alpha value is -3.48. The molecule has 4 rings (SSSR count). The molecule has 2 aromatic carbocycles. The number of carbonyl (C=O) groups is 1. The summed E-state index contributed by atoms with van der Waals surface area (Å²) in [5, 5.41) is 9.55. The third-order valence-electron chi connectivity index (χ3n) is 5.47. The molecule has 3 aromatic rings. The number of hydrogen-bond donors (Lipinski definition) is 1. The molecule has 160 valence electrons. The van der Waals surface area contributed by atoms with E-state index in [9.17, 15) is 14.3 Å². The fourth-order valence-corrected chi connectivity index (χ4v) is 3.88. The minimum Gasteiger partial charge on any atom is -0.487 e. The van der Waals surface area contributed by atoms with Gasteiger partial charge in [-0.1, -0.05) is 30.3 Å². The van der Waals surface area contributed by atoms with Crippen molar-refractivity contribution in [2.24, 2.45) is 0 Å². The van der Waals surface area contributed by atoms with Crippen LogP contribution in [-0.2, 0) is 13.0 Å². The van der Waals surface area contributed by atoms with Gasteiger partial charge in [0.1, 0.15) is 23.7 Å². The zero-order chi connectivity index (χ0) is 21.6. The number of aromatic carboxylic acids is 1.